The fourth-order valence-electron chi connectivity index (χ4n) is 0.943. The highest BCUT2D eigenvalue weighted by Crippen LogP contribution is 2.30. The van der Waals surface area contributed by atoms with Gasteiger partial charge in [-0.25, -0.2) is 8.78 Å². The molecule has 0 aliphatic heterocycles. The topological polar surface area (TPSA) is 9.23 Å². The van der Waals surface area contributed by atoms with Crippen LogP contribution in [0, 0.1) is 0 Å². The number of rotatable bonds is 2. The normalized spacial score (nSPS) is 35.0. The second-order valence-corrected chi connectivity index (χ2v) is 3.33. The molecule has 68 valence electrons. The molecule has 0 N–H and O–H groups in total. The third-order valence-electron chi connectivity index (χ3n) is 1.52. The molecule has 0 aromatic rings. The SMILES string of the molecule is CCOC1(F)C=CC(Br)=CC1F. The predicted molar refractivity (Wildman–Crippen MR) is 46.5 cm³/mol. The van der Waals surface area contributed by atoms with Crippen LogP contribution in [-0.2, 0) is 4.74 Å². The van der Waals surface area contributed by atoms with Crippen LogP contribution in [0.4, 0.5) is 8.78 Å². The second-order valence-electron chi connectivity index (χ2n) is 2.42. The molecule has 0 spiro atoms. The molecule has 0 saturated heterocycles. The fourth-order valence-corrected chi connectivity index (χ4v) is 1.31. The molecule has 0 heterocycles. The maximum Gasteiger partial charge on any atom is 0.264 e. The number of hydrogen-bond donors (Lipinski definition) is 0. The molecule has 1 rings (SSSR count). The monoisotopic (exact) mass is 238 g/mol. The molecule has 2 unspecified atom stereocenters. The van der Waals surface area contributed by atoms with E-state index in [9.17, 15) is 8.78 Å². The van der Waals surface area contributed by atoms with Crippen molar-refractivity contribution in [3.05, 3.63) is 22.7 Å². The summed E-state index contributed by atoms with van der Waals surface area (Å²) in [6.07, 6.45) is 1.91. The average Bonchev–Trinajstić information content (AvgIpc) is 1.99. The number of hydrogen-bond acceptors (Lipinski definition) is 1. The van der Waals surface area contributed by atoms with E-state index in [2.05, 4.69) is 20.7 Å². The number of allylic oxidation sites excluding steroid dienone is 2. The van der Waals surface area contributed by atoms with E-state index >= 15 is 0 Å². The van der Waals surface area contributed by atoms with Crippen LogP contribution >= 0.6 is 15.9 Å². The van der Waals surface area contributed by atoms with Crippen LogP contribution in [0.25, 0.3) is 0 Å². The quantitative estimate of drug-likeness (QED) is 0.719. The first-order valence-corrected chi connectivity index (χ1v) is 4.41. The zero-order valence-electron chi connectivity index (χ0n) is 6.56. The number of halogens is 3. The van der Waals surface area contributed by atoms with Crippen LogP contribution < -0.4 is 0 Å². The molecule has 4 heteroatoms. The zero-order chi connectivity index (χ0) is 9.19. The summed E-state index contributed by atoms with van der Waals surface area (Å²) in [6.45, 7) is 1.77. The maximum atomic E-state index is 13.4. The van der Waals surface area contributed by atoms with E-state index in [-0.39, 0.29) is 6.61 Å². The van der Waals surface area contributed by atoms with Crippen molar-refractivity contribution in [3.63, 3.8) is 0 Å². The van der Waals surface area contributed by atoms with E-state index in [1.807, 2.05) is 0 Å². The molecule has 0 aromatic carbocycles. The lowest BCUT2D eigenvalue weighted by Gasteiger charge is -2.25. The minimum Gasteiger partial charge on any atom is -0.340 e. The third kappa shape index (κ3) is 1.93. The highest BCUT2D eigenvalue weighted by atomic mass is 79.9. The van der Waals surface area contributed by atoms with Crippen molar-refractivity contribution in [2.75, 3.05) is 6.61 Å². The number of alkyl halides is 2. The molecule has 12 heavy (non-hydrogen) atoms. The first-order valence-electron chi connectivity index (χ1n) is 3.62. The molecule has 1 aliphatic carbocycles. The van der Waals surface area contributed by atoms with Gasteiger partial charge in [0.1, 0.15) is 0 Å². The first kappa shape index (κ1) is 9.86. The highest BCUT2D eigenvalue weighted by Gasteiger charge is 2.38. The first-order chi connectivity index (χ1) is 5.58. The Hall–Kier alpha value is -0.220. The van der Waals surface area contributed by atoms with Crippen molar-refractivity contribution in [2.24, 2.45) is 0 Å². The highest BCUT2D eigenvalue weighted by molar-refractivity contribution is 9.11. The summed E-state index contributed by atoms with van der Waals surface area (Å²) in [7, 11) is 0. The van der Waals surface area contributed by atoms with Crippen LogP contribution in [0.1, 0.15) is 6.92 Å². The van der Waals surface area contributed by atoms with E-state index in [1.54, 1.807) is 6.92 Å². The van der Waals surface area contributed by atoms with Crippen molar-refractivity contribution < 1.29 is 13.5 Å². The fraction of sp³-hybridized carbons (Fsp3) is 0.500. The van der Waals surface area contributed by atoms with Gasteiger partial charge in [0.25, 0.3) is 5.85 Å². The lowest BCUT2D eigenvalue weighted by molar-refractivity contribution is -0.136. The molecule has 0 radical (unpaired) electrons. The molecule has 0 saturated carbocycles. The molecule has 1 nitrogen and oxygen atoms in total. The van der Waals surface area contributed by atoms with E-state index in [0.717, 1.165) is 12.2 Å². The minimum atomic E-state index is -2.29. The van der Waals surface area contributed by atoms with Gasteiger partial charge in [-0.2, -0.15) is 0 Å². The van der Waals surface area contributed by atoms with Gasteiger partial charge in [0.05, 0.1) is 0 Å². The number of ether oxygens (including phenoxy) is 1. The van der Waals surface area contributed by atoms with Gasteiger partial charge in [0.15, 0.2) is 6.17 Å². The van der Waals surface area contributed by atoms with Crippen LogP contribution in [0.5, 0.6) is 0 Å². The van der Waals surface area contributed by atoms with Gasteiger partial charge in [-0.15, -0.1) is 0 Å². The minimum absolute atomic E-state index is 0.146. The average molecular weight is 239 g/mol. The van der Waals surface area contributed by atoms with Crippen LogP contribution in [0.15, 0.2) is 22.7 Å². The summed E-state index contributed by atoms with van der Waals surface area (Å²) < 4.78 is 31.6. The summed E-state index contributed by atoms with van der Waals surface area (Å²) in [5.41, 5.74) is 0. The Morgan fingerprint density at radius 1 is 1.75 bits per heavy atom. The van der Waals surface area contributed by atoms with Crippen molar-refractivity contribution in [1.29, 1.82) is 0 Å². The molecule has 0 bridgehead atoms. The van der Waals surface area contributed by atoms with Crippen LogP contribution in [0.2, 0.25) is 0 Å². The Labute approximate surface area is 78.2 Å². The molecular weight excluding hydrogens is 230 g/mol. The molecule has 0 amide bonds. The summed E-state index contributed by atoms with van der Waals surface area (Å²) in [5, 5.41) is 0. The van der Waals surface area contributed by atoms with Crippen molar-refractivity contribution in [3.8, 4) is 0 Å². The molecule has 0 aromatic heterocycles. The second kappa shape index (κ2) is 3.66. The van der Waals surface area contributed by atoms with E-state index in [4.69, 9.17) is 0 Å². The molecular formula is C8H9BrF2O. The van der Waals surface area contributed by atoms with Gasteiger partial charge in [0, 0.05) is 11.1 Å². The van der Waals surface area contributed by atoms with Gasteiger partial charge in [-0.05, 0) is 25.2 Å². The van der Waals surface area contributed by atoms with E-state index in [1.165, 1.54) is 6.08 Å². The molecule has 0 fully saturated rings. The van der Waals surface area contributed by atoms with Gasteiger partial charge < -0.3 is 4.74 Å². The Kier molecular flexibility index (Phi) is 3.01. The Morgan fingerprint density at radius 2 is 2.42 bits per heavy atom. The van der Waals surface area contributed by atoms with Gasteiger partial charge >= 0.3 is 0 Å². The van der Waals surface area contributed by atoms with E-state index < -0.39 is 12.0 Å². The van der Waals surface area contributed by atoms with Gasteiger partial charge in [-0.1, -0.05) is 15.9 Å². The van der Waals surface area contributed by atoms with Crippen molar-refractivity contribution in [2.45, 2.75) is 19.0 Å². The van der Waals surface area contributed by atoms with E-state index in [0.29, 0.717) is 4.48 Å². The Balaban J connectivity index is 2.76. The largest absolute Gasteiger partial charge is 0.340 e. The summed E-state index contributed by atoms with van der Waals surface area (Å²) in [6, 6.07) is 0. The van der Waals surface area contributed by atoms with Crippen LogP contribution in [0.3, 0.4) is 0 Å². The molecule has 2 atom stereocenters. The van der Waals surface area contributed by atoms with Gasteiger partial charge in [0.2, 0.25) is 0 Å². The Morgan fingerprint density at radius 3 is 2.92 bits per heavy atom. The molecule has 1 aliphatic rings. The van der Waals surface area contributed by atoms with Crippen LogP contribution in [-0.4, -0.2) is 18.6 Å². The lowest BCUT2D eigenvalue weighted by atomic mass is 10.1. The van der Waals surface area contributed by atoms with Crippen molar-refractivity contribution in [1.82, 2.24) is 0 Å². The Bertz CT molecular complexity index is 227. The smallest absolute Gasteiger partial charge is 0.264 e. The van der Waals surface area contributed by atoms with Crippen molar-refractivity contribution >= 4 is 15.9 Å². The standard InChI is InChI=1S/C8H9BrF2O/c1-2-12-8(11)4-3-6(9)5-7(8)10/h3-5,7H,2H2,1H3. The lowest BCUT2D eigenvalue weighted by Crippen LogP contribution is -2.36. The zero-order valence-corrected chi connectivity index (χ0v) is 8.14. The summed E-state index contributed by atoms with van der Waals surface area (Å²) in [5.74, 6) is -2.29. The maximum absolute atomic E-state index is 13.4. The predicted octanol–water partition coefficient (Wildman–Crippen LogP) is 2.88. The summed E-state index contributed by atoms with van der Waals surface area (Å²) >= 11 is 3.04. The third-order valence-corrected chi connectivity index (χ3v) is 2.05. The van der Waals surface area contributed by atoms with Gasteiger partial charge in [-0.3, -0.25) is 0 Å². The summed E-state index contributed by atoms with van der Waals surface area (Å²) in [4.78, 5) is 0.